The van der Waals surface area contributed by atoms with E-state index in [1.165, 1.54) is 24.3 Å². The van der Waals surface area contributed by atoms with Crippen LogP contribution in [0.5, 0.6) is 0 Å². The SMILES string of the molecule is O=C(CCS(=O)(=O)c1ccccc1)NCC1CCN(C(=O)c2ccccc2F)CC1. The number of amides is 2. The zero-order valence-electron chi connectivity index (χ0n) is 16.6. The van der Waals surface area contributed by atoms with Crippen molar-refractivity contribution in [1.29, 1.82) is 0 Å². The maximum Gasteiger partial charge on any atom is 0.256 e. The molecule has 0 radical (unpaired) electrons. The van der Waals surface area contributed by atoms with E-state index in [4.69, 9.17) is 0 Å². The summed E-state index contributed by atoms with van der Waals surface area (Å²) in [7, 11) is -3.48. The van der Waals surface area contributed by atoms with Crippen molar-refractivity contribution in [2.24, 2.45) is 5.92 Å². The van der Waals surface area contributed by atoms with Gasteiger partial charge in [-0.05, 0) is 43.0 Å². The highest BCUT2D eigenvalue weighted by atomic mass is 32.2. The smallest absolute Gasteiger partial charge is 0.256 e. The molecule has 2 amide bonds. The van der Waals surface area contributed by atoms with E-state index in [0.717, 1.165) is 0 Å². The van der Waals surface area contributed by atoms with Crippen molar-refractivity contribution in [2.45, 2.75) is 24.2 Å². The Morgan fingerprint density at radius 3 is 2.30 bits per heavy atom. The Kier molecular flexibility index (Phi) is 7.20. The lowest BCUT2D eigenvalue weighted by Gasteiger charge is -2.32. The Hall–Kier alpha value is -2.74. The van der Waals surface area contributed by atoms with Crippen LogP contribution >= 0.6 is 0 Å². The van der Waals surface area contributed by atoms with Crippen LogP contribution in [0.4, 0.5) is 4.39 Å². The number of hydrogen-bond donors (Lipinski definition) is 1. The van der Waals surface area contributed by atoms with E-state index in [-0.39, 0.29) is 40.4 Å². The summed E-state index contributed by atoms with van der Waals surface area (Å²) in [5.74, 6) is -1.19. The molecule has 0 spiro atoms. The highest BCUT2D eigenvalue weighted by molar-refractivity contribution is 7.91. The van der Waals surface area contributed by atoms with Crippen LogP contribution in [-0.4, -0.2) is 50.5 Å². The molecule has 0 atom stereocenters. The van der Waals surface area contributed by atoms with Crippen LogP contribution in [0, 0.1) is 11.7 Å². The summed E-state index contributed by atoms with van der Waals surface area (Å²) in [5, 5.41) is 2.79. The Bertz CT molecular complexity index is 987. The van der Waals surface area contributed by atoms with Gasteiger partial charge in [0, 0.05) is 26.1 Å². The first-order valence-electron chi connectivity index (χ1n) is 9.95. The van der Waals surface area contributed by atoms with Gasteiger partial charge in [0.2, 0.25) is 5.91 Å². The monoisotopic (exact) mass is 432 g/mol. The number of sulfone groups is 1. The van der Waals surface area contributed by atoms with E-state index in [1.807, 2.05) is 0 Å². The Morgan fingerprint density at radius 2 is 1.63 bits per heavy atom. The second-order valence-electron chi connectivity index (χ2n) is 7.40. The minimum atomic E-state index is -3.48. The van der Waals surface area contributed by atoms with Gasteiger partial charge in [-0.2, -0.15) is 0 Å². The van der Waals surface area contributed by atoms with Crippen LogP contribution in [-0.2, 0) is 14.6 Å². The van der Waals surface area contributed by atoms with E-state index in [2.05, 4.69) is 5.32 Å². The molecule has 0 unspecified atom stereocenters. The van der Waals surface area contributed by atoms with Gasteiger partial charge in [-0.15, -0.1) is 0 Å². The van der Waals surface area contributed by atoms with E-state index in [1.54, 1.807) is 35.2 Å². The predicted molar refractivity (Wildman–Crippen MR) is 111 cm³/mol. The van der Waals surface area contributed by atoms with Crippen LogP contribution in [0.2, 0.25) is 0 Å². The molecule has 1 fully saturated rings. The number of rotatable bonds is 7. The zero-order valence-corrected chi connectivity index (χ0v) is 17.4. The third kappa shape index (κ3) is 5.66. The summed E-state index contributed by atoms with van der Waals surface area (Å²) < 4.78 is 38.3. The molecule has 1 heterocycles. The van der Waals surface area contributed by atoms with Gasteiger partial charge in [0.05, 0.1) is 16.2 Å². The number of halogens is 1. The second-order valence-corrected chi connectivity index (χ2v) is 9.51. The van der Waals surface area contributed by atoms with Crippen LogP contribution in [0.3, 0.4) is 0 Å². The lowest BCUT2D eigenvalue weighted by Crippen LogP contribution is -2.42. The van der Waals surface area contributed by atoms with Crippen molar-refractivity contribution in [1.82, 2.24) is 10.2 Å². The van der Waals surface area contributed by atoms with Gasteiger partial charge in [-0.1, -0.05) is 30.3 Å². The molecule has 2 aromatic rings. The maximum atomic E-state index is 13.8. The largest absolute Gasteiger partial charge is 0.356 e. The Balaban J connectivity index is 1.41. The van der Waals surface area contributed by atoms with Crippen LogP contribution in [0.1, 0.15) is 29.6 Å². The van der Waals surface area contributed by atoms with Crippen LogP contribution in [0.25, 0.3) is 0 Å². The molecule has 30 heavy (non-hydrogen) atoms. The van der Waals surface area contributed by atoms with Crippen LogP contribution in [0.15, 0.2) is 59.5 Å². The molecule has 3 rings (SSSR count). The Morgan fingerprint density at radius 1 is 1.00 bits per heavy atom. The fourth-order valence-corrected chi connectivity index (χ4v) is 4.73. The van der Waals surface area contributed by atoms with Gasteiger partial charge >= 0.3 is 0 Å². The minimum Gasteiger partial charge on any atom is -0.356 e. The van der Waals surface area contributed by atoms with E-state index >= 15 is 0 Å². The summed E-state index contributed by atoms with van der Waals surface area (Å²) in [6.45, 7) is 1.43. The molecule has 8 heteroatoms. The van der Waals surface area contributed by atoms with Crippen molar-refractivity contribution in [2.75, 3.05) is 25.4 Å². The summed E-state index contributed by atoms with van der Waals surface area (Å²) in [5.41, 5.74) is 0.0730. The standard InChI is InChI=1S/C22H25FN2O4S/c23-20-9-5-4-8-19(20)22(27)25-13-10-17(11-14-25)16-24-21(26)12-15-30(28,29)18-6-2-1-3-7-18/h1-9,17H,10-16H2,(H,24,26). The zero-order chi connectivity index (χ0) is 21.6. The van der Waals surface area contributed by atoms with Gasteiger partial charge in [0.1, 0.15) is 5.82 Å². The fourth-order valence-electron chi connectivity index (χ4n) is 3.46. The molecule has 0 bridgehead atoms. The van der Waals surface area contributed by atoms with Crippen LogP contribution < -0.4 is 5.32 Å². The number of piperidine rings is 1. The number of carbonyl (C=O) groups excluding carboxylic acids is 2. The van der Waals surface area contributed by atoms with Crippen molar-refractivity contribution in [3.05, 3.63) is 66.0 Å². The number of nitrogens with zero attached hydrogens (tertiary/aromatic N) is 1. The normalized spacial score (nSPS) is 15.0. The molecule has 1 aliphatic heterocycles. The van der Waals surface area contributed by atoms with Crippen molar-refractivity contribution in [3.63, 3.8) is 0 Å². The molecular weight excluding hydrogens is 407 g/mol. The third-order valence-electron chi connectivity index (χ3n) is 5.29. The lowest BCUT2D eigenvalue weighted by atomic mass is 9.96. The molecule has 0 saturated carbocycles. The minimum absolute atomic E-state index is 0.0730. The first-order chi connectivity index (χ1) is 14.4. The number of hydrogen-bond acceptors (Lipinski definition) is 4. The second kappa shape index (κ2) is 9.84. The average Bonchev–Trinajstić information content (AvgIpc) is 2.77. The molecule has 6 nitrogen and oxygen atoms in total. The topological polar surface area (TPSA) is 83.6 Å². The van der Waals surface area contributed by atoms with Crippen molar-refractivity contribution >= 4 is 21.7 Å². The number of benzene rings is 2. The maximum absolute atomic E-state index is 13.8. The highest BCUT2D eigenvalue weighted by Crippen LogP contribution is 2.20. The van der Waals surface area contributed by atoms with E-state index < -0.39 is 15.7 Å². The molecule has 160 valence electrons. The first kappa shape index (κ1) is 22.0. The summed E-state index contributed by atoms with van der Waals surface area (Å²) >= 11 is 0. The lowest BCUT2D eigenvalue weighted by molar-refractivity contribution is -0.120. The molecule has 1 saturated heterocycles. The predicted octanol–water partition coefficient (Wildman–Crippen LogP) is 2.66. The van der Waals surface area contributed by atoms with Gasteiger partial charge in [-0.25, -0.2) is 12.8 Å². The summed E-state index contributed by atoms with van der Waals surface area (Å²) in [6.07, 6.45) is 1.30. The molecule has 2 aromatic carbocycles. The first-order valence-corrected chi connectivity index (χ1v) is 11.6. The van der Waals surface area contributed by atoms with Gasteiger partial charge in [0.25, 0.3) is 5.91 Å². The van der Waals surface area contributed by atoms with Crippen molar-refractivity contribution < 1.29 is 22.4 Å². The number of carbonyl (C=O) groups is 2. The molecule has 1 N–H and O–H groups in total. The number of nitrogens with one attached hydrogen (secondary N) is 1. The summed E-state index contributed by atoms with van der Waals surface area (Å²) in [4.78, 5) is 26.4. The molecular formula is C22H25FN2O4S. The quantitative estimate of drug-likeness (QED) is 0.729. The van der Waals surface area contributed by atoms with Gasteiger partial charge in [0.15, 0.2) is 9.84 Å². The molecule has 1 aliphatic rings. The molecule has 0 aliphatic carbocycles. The summed E-state index contributed by atoms with van der Waals surface area (Å²) in [6, 6.07) is 14.0. The van der Waals surface area contributed by atoms with E-state index in [9.17, 15) is 22.4 Å². The van der Waals surface area contributed by atoms with E-state index in [0.29, 0.717) is 32.5 Å². The fraction of sp³-hybridized carbons (Fsp3) is 0.364. The van der Waals surface area contributed by atoms with Gasteiger partial charge in [-0.3, -0.25) is 9.59 Å². The Labute approximate surface area is 176 Å². The third-order valence-corrected chi connectivity index (χ3v) is 7.03. The molecule has 0 aromatic heterocycles. The highest BCUT2D eigenvalue weighted by Gasteiger charge is 2.25. The van der Waals surface area contributed by atoms with Crippen molar-refractivity contribution in [3.8, 4) is 0 Å². The number of likely N-dealkylation sites (tertiary alicyclic amines) is 1. The average molecular weight is 433 g/mol. The van der Waals surface area contributed by atoms with Gasteiger partial charge < -0.3 is 10.2 Å².